The number of halogens is 6. The fraction of sp³-hybridized carbons (Fsp3) is 0.895. The van der Waals surface area contributed by atoms with Crippen LogP contribution in [0.15, 0.2) is 0 Å². The van der Waals surface area contributed by atoms with E-state index in [1.54, 1.807) is 13.8 Å². The van der Waals surface area contributed by atoms with Crippen LogP contribution in [0.1, 0.15) is 53.4 Å². The predicted molar refractivity (Wildman–Crippen MR) is 105 cm³/mol. The molecular formula is C19H27F6NO8S. The molecule has 16 heteroatoms. The summed E-state index contributed by atoms with van der Waals surface area (Å²) in [5.74, 6) is -5.94. The number of carbonyl (C=O) groups is 2. The first kappa shape index (κ1) is 29.6. The largest absolute Gasteiger partial charge is 0.456 e. The summed E-state index contributed by atoms with van der Waals surface area (Å²) >= 11 is 0. The lowest BCUT2D eigenvalue weighted by Crippen LogP contribution is -2.59. The highest BCUT2D eigenvalue weighted by Crippen LogP contribution is 2.55. The zero-order valence-electron chi connectivity index (χ0n) is 19.3. The smallest absolute Gasteiger partial charge is 0.453 e. The monoisotopic (exact) mass is 543 g/mol. The van der Waals surface area contributed by atoms with Crippen LogP contribution in [-0.4, -0.2) is 68.8 Å². The van der Waals surface area contributed by atoms with E-state index in [1.807, 2.05) is 13.8 Å². The molecule has 3 heterocycles. The van der Waals surface area contributed by atoms with E-state index in [4.69, 9.17) is 4.74 Å². The van der Waals surface area contributed by atoms with Crippen LogP contribution in [-0.2, 0) is 38.6 Å². The van der Waals surface area contributed by atoms with Gasteiger partial charge in [-0.2, -0.15) is 26.3 Å². The molecule has 0 spiro atoms. The molecule has 3 aliphatic rings. The van der Waals surface area contributed by atoms with Gasteiger partial charge in [0.15, 0.2) is 18.5 Å². The number of ether oxygens (including phenoxy) is 4. The van der Waals surface area contributed by atoms with Crippen molar-refractivity contribution in [1.82, 2.24) is 4.72 Å². The zero-order valence-corrected chi connectivity index (χ0v) is 20.1. The van der Waals surface area contributed by atoms with Crippen LogP contribution in [0.2, 0.25) is 0 Å². The first-order valence-electron chi connectivity index (χ1n) is 10.7. The maximum absolute atomic E-state index is 12.7. The van der Waals surface area contributed by atoms with Gasteiger partial charge in [0.25, 0.3) is 0 Å². The van der Waals surface area contributed by atoms with Crippen molar-refractivity contribution in [2.45, 2.75) is 96.1 Å². The third kappa shape index (κ3) is 6.20. The Balaban J connectivity index is 0.000000260. The SMILES string of the molecule is CCCCS(=O)(=O)NC(=O)C(C)(C)CC.O=C1CC2OC3OC(C(F)(F)F)(C(F)(F)F)OC3C2O1. The number of sulfonamides is 1. The fourth-order valence-corrected chi connectivity index (χ4v) is 4.55. The van der Waals surface area contributed by atoms with E-state index in [1.165, 1.54) is 0 Å². The van der Waals surface area contributed by atoms with Crippen molar-refractivity contribution >= 4 is 21.9 Å². The Kier molecular flexibility index (Phi) is 8.46. The molecule has 0 aromatic heterocycles. The van der Waals surface area contributed by atoms with Gasteiger partial charge in [0.05, 0.1) is 12.2 Å². The summed E-state index contributed by atoms with van der Waals surface area (Å²) in [6, 6.07) is 0. The molecule has 0 aromatic rings. The third-order valence-electron chi connectivity index (χ3n) is 5.75. The number of hydrogen-bond donors (Lipinski definition) is 1. The fourth-order valence-electron chi connectivity index (χ4n) is 3.22. The second kappa shape index (κ2) is 10.0. The average Bonchev–Trinajstić information content (AvgIpc) is 3.34. The molecule has 0 radical (unpaired) electrons. The minimum absolute atomic E-state index is 0.0229. The van der Waals surface area contributed by atoms with Crippen LogP contribution in [0, 0.1) is 5.41 Å². The molecule has 4 unspecified atom stereocenters. The van der Waals surface area contributed by atoms with E-state index in [-0.39, 0.29) is 12.2 Å². The number of amides is 1. The highest BCUT2D eigenvalue weighted by Gasteiger charge is 2.81. The normalized spacial score (nSPS) is 28.0. The molecule has 0 saturated carbocycles. The van der Waals surface area contributed by atoms with Crippen molar-refractivity contribution in [3.63, 3.8) is 0 Å². The van der Waals surface area contributed by atoms with Crippen LogP contribution in [0.5, 0.6) is 0 Å². The minimum Gasteiger partial charge on any atom is -0.456 e. The molecule has 35 heavy (non-hydrogen) atoms. The van der Waals surface area contributed by atoms with Gasteiger partial charge in [-0.1, -0.05) is 34.1 Å². The van der Waals surface area contributed by atoms with Crippen molar-refractivity contribution in [1.29, 1.82) is 0 Å². The van der Waals surface area contributed by atoms with Crippen molar-refractivity contribution in [3.05, 3.63) is 0 Å². The van der Waals surface area contributed by atoms with Gasteiger partial charge in [-0.05, 0) is 12.8 Å². The minimum atomic E-state index is -5.85. The molecule has 0 aliphatic carbocycles. The predicted octanol–water partition coefficient (Wildman–Crippen LogP) is 2.93. The van der Waals surface area contributed by atoms with Crippen LogP contribution in [0.25, 0.3) is 0 Å². The molecule has 3 aliphatic heterocycles. The molecule has 3 fully saturated rings. The van der Waals surface area contributed by atoms with E-state index in [9.17, 15) is 44.3 Å². The second-order valence-corrected chi connectivity index (χ2v) is 10.7. The van der Waals surface area contributed by atoms with Crippen LogP contribution in [0.4, 0.5) is 26.3 Å². The summed E-state index contributed by atoms with van der Waals surface area (Å²) in [5.41, 5.74) is -0.626. The van der Waals surface area contributed by atoms with E-state index >= 15 is 0 Å². The Morgan fingerprint density at radius 2 is 1.63 bits per heavy atom. The average molecular weight is 543 g/mol. The van der Waals surface area contributed by atoms with E-state index in [2.05, 4.69) is 18.9 Å². The van der Waals surface area contributed by atoms with E-state index < -0.39 is 70.1 Å². The number of alkyl halides is 6. The van der Waals surface area contributed by atoms with Crippen LogP contribution in [0.3, 0.4) is 0 Å². The molecule has 1 N–H and O–H groups in total. The van der Waals surface area contributed by atoms with Gasteiger partial charge in [0, 0.05) is 5.41 Å². The Labute approximate surface area is 197 Å². The zero-order chi connectivity index (χ0) is 27.0. The Morgan fingerprint density at radius 3 is 2.11 bits per heavy atom. The molecule has 3 rings (SSSR count). The molecule has 0 bridgehead atoms. The number of fused-ring (bicyclic) bond motifs is 3. The quantitative estimate of drug-likeness (QED) is 0.402. The van der Waals surface area contributed by atoms with Crippen molar-refractivity contribution in [2.24, 2.45) is 5.41 Å². The van der Waals surface area contributed by atoms with Crippen LogP contribution < -0.4 is 4.72 Å². The maximum atomic E-state index is 12.7. The van der Waals surface area contributed by atoms with Gasteiger partial charge < -0.3 is 18.9 Å². The highest BCUT2D eigenvalue weighted by atomic mass is 32.2. The topological polar surface area (TPSA) is 117 Å². The number of rotatable bonds is 6. The Hall–Kier alpha value is -1.65. The van der Waals surface area contributed by atoms with E-state index in [0.717, 1.165) is 6.42 Å². The van der Waals surface area contributed by atoms with Gasteiger partial charge in [0.2, 0.25) is 15.9 Å². The summed E-state index contributed by atoms with van der Waals surface area (Å²) in [6.45, 7) is 7.24. The summed E-state index contributed by atoms with van der Waals surface area (Å²) in [7, 11) is -3.44. The lowest BCUT2D eigenvalue weighted by atomic mass is 9.90. The number of esters is 1. The second-order valence-electron chi connectivity index (χ2n) is 8.85. The van der Waals surface area contributed by atoms with Gasteiger partial charge in [-0.3, -0.25) is 14.3 Å². The summed E-state index contributed by atoms with van der Waals surface area (Å²) in [6.07, 6.45) is -15.9. The maximum Gasteiger partial charge on any atom is 0.453 e. The lowest BCUT2D eigenvalue weighted by Gasteiger charge is -2.32. The molecule has 1 amide bonds. The van der Waals surface area contributed by atoms with Gasteiger partial charge in [-0.15, -0.1) is 0 Å². The van der Waals surface area contributed by atoms with Gasteiger partial charge in [-0.25, -0.2) is 8.42 Å². The highest BCUT2D eigenvalue weighted by molar-refractivity contribution is 7.90. The number of hydrogen-bond acceptors (Lipinski definition) is 8. The summed E-state index contributed by atoms with van der Waals surface area (Å²) in [5, 5.41) is 0. The molecule has 9 nitrogen and oxygen atoms in total. The summed E-state index contributed by atoms with van der Waals surface area (Å²) < 4.78 is 119. The number of carbonyl (C=O) groups excluding carboxylic acids is 2. The number of unbranched alkanes of at least 4 members (excludes halogenated alkanes) is 1. The van der Waals surface area contributed by atoms with Crippen molar-refractivity contribution in [3.8, 4) is 0 Å². The van der Waals surface area contributed by atoms with E-state index in [0.29, 0.717) is 12.8 Å². The molecule has 4 atom stereocenters. The molecule has 204 valence electrons. The van der Waals surface area contributed by atoms with Crippen molar-refractivity contribution in [2.75, 3.05) is 5.75 Å². The lowest BCUT2D eigenvalue weighted by molar-refractivity contribution is -0.455. The molecule has 3 saturated heterocycles. The first-order valence-corrected chi connectivity index (χ1v) is 12.3. The first-order chi connectivity index (χ1) is 15.8. The number of nitrogens with one attached hydrogen (secondary N) is 1. The Morgan fingerprint density at radius 1 is 1.06 bits per heavy atom. The van der Waals surface area contributed by atoms with Gasteiger partial charge >= 0.3 is 24.1 Å². The molecule has 0 aromatic carbocycles. The summed E-state index contributed by atoms with van der Waals surface area (Å²) in [4.78, 5) is 22.5. The molecular weight excluding hydrogens is 516 g/mol. The Bertz CT molecular complexity index is 890. The van der Waals surface area contributed by atoms with Gasteiger partial charge in [0.1, 0.15) is 6.10 Å². The van der Waals surface area contributed by atoms with Crippen molar-refractivity contribution < 1.29 is 63.3 Å². The standard InChI is InChI=1S/C10H21NO3S.C9H6F6O5/c1-5-7-8-15(13,14)11-9(12)10(3,4)6-2;10-8(11,12)7(9(13,14)15)19-5-4-2(1-3(16)18-4)17-6(5)20-7/h5-8H2,1-4H3,(H,11,12);2,4-6H,1H2. The third-order valence-corrected chi connectivity index (χ3v) is 7.07. The van der Waals surface area contributed by atoms with Crippen LogP contribution >= 0.6 is 0 Å².